The number of para-hydroxylation sites is 1. The molecule has 7 heteroatoms. The SMILES string of the molecule is Nc1nc2c(Cl)cccc2n1-c1c(F)cc(Br)cc1F. The summed E-state index contributed by atoms with van der Waals surface area (Å²) < 4.78 is 29.7. The summed E-state index contributed by atoms with van der Waals surface area (Å²) in [6.45, 7) is 0. The quantitative estimate of drug-likeness (QED) is 0.705. The lowest BCUT2D eigenvalue weighted by Gasteiger charge is -2.09. The van der Waals surface area contributed by atoms with Crippen molar-refractivity contribution in [2.75, 3.05) is 5.73 Å². The molecule has 102 valence electrons. The molecule has 0 bridgehead atoms. The average molecular weight is 359 g/mol. The zero-order chi connectivity index (χ0) is 14.4. The smallest absolute Gasteiger partial charge is 0.206 e. The molecule has 0 saturated carbocycles. The van der Waals surface area contributed by atoms with Gasteiger partial charge in [-0.25, -0.2) is 13.8 Å². The number of aromatic nitrogens is 2. The highest BCUT2D eigenvalue weighted by Crippen LogP contribution is 2.31. The number of nitrogens with two attached hydrogens (primary N) is 1. The van der Waals surface area contributed by atoms with Gasteiger partial charge in [-0.1, -0.05) is 33.6 Å². The number of nitrogen functional groups attached to an aromatic ring is 1. The second kappa shape index (κ2) is 4.71. The number of hydrogen-bond donors (Lipinski definition) is 1. The predicted molar refractivity (Wildman–Crippen MR) is 78.1 cm³/mol. The highest BCUT2D eigenvalue weighted by molar-refractivity contribution is 9.10. The predicted octanol–water partition coefficient (Wildman–Crippen LogP) is 4.30. The number of fused-ring (bicyclic) bond motifs is 1. The Morgan fingerprint density at radius 3 is 2.50 bits per heavy atom. The molecule has 1 heterocycles. The Labute approximate surface area is 126 Å². The highest BCUT2D eigenvalue weighted by Gasteiger charge is 2.19. The van der Waals surface area contributed by atoms with Crippen molar-refractivity contribution in [2.24, 2.45) is 0 Å². The van der Waals surface area contributed by atoms with Crippen molar-refractivity contribution in [1.29, 1.82) is 0 Å². The molecule has 2 N–H and O–H groups in total. The maximum Gasteiger partial charge on any atom is 0.206 e. The molecular weight excluding hydrogens is 352 g/mol. The molecule has 20 heavy (non-hydrogen) atoms. The van der Waals surface area contributed by atoms with E-state index in [9.17, 15) is 8.78 Å². The standard InChI is InChI=1S/C13H7BrClF2N3/c14-6-4-8(16)12(9(17)5-6)20-10-3-1-2-7(15)11(10)19-13(20)18/h1-5H,(H2,18,19). The van der Waals surface area contributed by atoms with E-state index in [1.54, 1.807) is 18.2 Å². The van der Waals surface area contributed by atoms with E-state index in [4.69, 9.17) is 17.3 Å². The lowest BCUT2D eigenvalue weighted by molar-refractivity contribution is 0.570. The van der Waals surface area contributed by atoms with Crippen molar-refractivity contribution in [3.63, 3.8) is 0 Å². The van der Waals surface area contributed by atoms with Crippen LogP contribution in [0.3, 0.4) is 0 Å². The summed E-state index contributed by atoms with van der Waals surface area (Å²) in [6, 6.07) is 7.26. The first-order valence-electron chi connectivity index (χ1n) is 5.56. The van der Waals surface area contributed by atoms with Gasteiger partial charge in [0.25, 0.3) is 0 Å². The van der Waals surface area contributed by atoms with Crippen LogP contribution >= 0.6 is 27.5 Å². The number of halogens is 4. The summed E-state index contributed by atoms with van der Waals surface area (Å²) in [5, 5.41) is 0.367. The van der Waals surface area contributed by atoms with Gasteiger partial charge in [-0.2, -0.15) is 0 Å². The number of imidazole rings is 1. The van der Waals surface area contributed by atoms with Crippen LogP contribution in [0.2, 0.25) is 5.02 Å². The van der Waals surface area contributed by atoms with E-state index in [1.807, 2.05) is 0 Å². The third kappa shape index (κ3) is 1.96. The first-order valence-corrected chi connectivity index (χ1v) is 6.73. The van der Waals surface area contributed by atoms with Crippen LogP contribution in [-0.4, -0.2) is 9.55 Å². The maximum absolute atomic E-state index is 14.1. The molecule has 3 aromatic rings. The molecule has 0 amide bonds. The maximum atomic E-state index is 14.1. The zero-order valence-corrected chi connectivity index (χ0v) is 12.2. The fourth-order valence-electron chi connectivity index (χ4n) is 2.07. The van der Waals surface area contributed by atoms with Crippen molar-refractivity contribution in [3.8, 4) is 5.69 Å². The normalized spacial score (nSPS) is 11.2. The van der Waals surface area contributed by atoms with Gasteiger partial charge in [0.1, 0.15) is 11.2 Å². The number of nitrogens with zero attached hydrogens (tertiary/aromatic N) is 2. The largest absolute Gasteiger partial charge is 0.369 e. The third-order valence-corrected chi connectivity index (χ3v) is 3.63. The van der Waals surface area contributed by atoms with Gasteiger partial charge in [0.2, 0.25) is 5.95 Å². The van der Waals surface area contributed by atoms with Crippen LogP contribution in [0.4, 0.5) is 14.7 Å². The molecule has 0 fully saturated rings. The molecule has 1 aromatic heterocycles. The van der Waals surface area contributed by atoms with Gasteiger partial charge in [0, 0.05) is 4.47 Å². The van der Waals surface area contributed by atoms with Crippen molar-refractivity contribution >= 4 is 44.5 Å². The Morgan fingerprint density at radius 1 is 1.20 bits per heavy atom. The second-order valence-electron chi connectivity index (χ2n) is 4.13. The first kappa shape index (κ1) is 13.3. The minimum atomic E-state index is -0.747. The van der Waals surface area contributed by atoms with Crippen molar-refractivity contribution in [2.45, 2.75) is 0 Å². The van der Waals surface area contributed by atoms with Crippen LogP contribution in [0.15, 0.2) is 34.8 Å². The fraction of sp³-hybridized carbons (Fsp3) is 0. The lowest BCUT2D eigenvalue weighted by Crippen LogP contribution is -2.05. The molecule has 0 aliphatic heterocycles. The van der Waals surface area contributed by atoms with E-state index in [1.165, 1.54) is 4.57 Å². The second-order valence-corrected chi connectivity index (χ2v) is 5.45. The van der Waals surface area contributed by atoms with Crippen molar-refractivity contribution in [1.82, 2.24) is 9.55 Å². The van der Waals surface area contributed by atoms with Gasteiger partial charge in [-0.05, 0) is 24.3 Å². The Morgan fingerprint density at radius 2 is 1.85 bits per heavy atom. The minimum Gasteiger partial charge on any atom is -0.369 e. The van der Waals surface area contributed by atoms with Crippen LogP contribution in [0.1, 0.15) is 0 Å². The van der Waals surface area contributed by atoms with Gasteiger partial charge in [-0.15, -0.1) is 0 Å². The number of hydrogen-bond acceptors (Lipinski definition) is 2. The Kier molecular flexibility index (Phi) is 3.14. The molecule has 0 radical (unpaired) electrons. The molecule has 0 aliphatic rings. The summed E-state index contributed by atoms with van der Waals surface area (Å²) in [4.78, 5) is 4.06. The Bertz CT molecular complexity index is 809. The molecular formula is C13H7BrClF2N3. The molecule has 0 atom stereocenters. The molecule has 3 nitrogen and oxygen atoms in total. The van der Waals surface area contributed by atoms with E-state index in [0.717, 1.165) is 12.1 Å². The topological polar surface area (TPSA) is 43.8 Å². The van der Waals surface area contributed by atoms with E-state index in [-0.39, 0.29) is 11.6 Å². The lowest BCUT2D eigenvalue weighted by atomic mass is 10.2. The van der Waals surface area contributed by atoms with Gasteiger partial charge in [0.05, 0.1) is 10.5 Å². The monoisotopic (exact) mass is 357 g/mol. The molecule has 2 aromatic carbocycles. The van der Waals surface area contributed by atoms with E-state index < -0.39 is 11.6 Å². The summed E-state index contributed by atoms with van der Waals surface area (Å²) in [7, 11) is 0. The van der Waals surface area contributed by atoms with Crippen molar-refractivity contribution < 1.29 is 8.78 Å². The summed E-state index contributed by atoms with van der Waals surface area (Å²) in [5.41, 5.74) is 6.33. The van der Waals surface area contributed by atoms with Crippen LogP contribution < -0.4 is 5.73 Å². The molecule has 3 rings (SSSR count). The number of anilines is 1. The van der Waals surface area contributed by atoms with E-state index in [0.29, 0.717) is 20.5 Å². The van der Waals surface area contributed by atoms with E-state index in [2.05, 4.69) is 20.9 Å². The summed E-state index contributed by atoms with van der Waals surface area (Å²) >= 11 is 9.04. The summed E-state index contributed by atoms with van der Waals surface area (Å²) in [6.07, 6.45) is 0. The zero-order valence-electron chi connectivity index (χ0n) is 9.87. The van der Waals surface area contributed by atoms with Gasteiger partial charge in [-0.3, -0.25) is 4.57 Å². The van der Waals surface area contributed by atoms with Crippen LogP contribution in [0.5, 0.6) is 0 Å². The van der Waals surface area contributed by atoms with E-state index >= 15 is 0 Å². The highest BCUT2D eigenvalue weighted by atomic mass is 79.9. The molecule has 0 saturated heterocycles. The van der Waals surface area contributed by atoms with Crippen molar-refractivity contribution in [3.05, 3.63) is 51.5 Å². The van der Waals surface area contributed by atoms with Gasteiger partial charge >= 0.3 is 0 Å². The minimum absolute atomic E-state index is 0.0341. The average Bonchev–Trinajstić information content (AvgIpc) is 2.67. The molecule has 0 aliphatic carbocycles. The van der Waals surface area contributed by atoms with Crippen LogP contribution in [0, 0.1) is 11.6 Å². The molecule has 0 spiro atoms. The summed E-state index contributed by atoms with van der Waals surface area (Å²) in [5.74, 6) is -1.53. The molecule has 0 unspecified atom stereocenters. The number of rotatable bonds is 1. The Hall–Kier alpha value is -1.66. The van der Waals surface area contributed by atoms with Crippen LogP contribution in [0.25, 0.3) is 16.7 Å². The first-order chi connectivity index (χ1) is 9.49. The van der Waals surface area contributed by atoms with Gasteiger partial charge in [0.15, 0.2) is 11.6 Å². The van der Waals surface area contributed by atoms with Gasteiger partial charge < -0.3 is 5.73 Å². The fourth-order valence-corrected chi connectivity index (χ4v) is 2.68. The van der Waals surface area contributed by atoms with Crippen LogP contribution in [-0.2, 0) is 0 Å². The number of benzene rings is 2. The Balaban J connectivity index is 2.42. The third-order valence-electron chi connectivity index (χ3n) is 2.87.